The molecule has 21 heavy (non-hydrogen) atoms. The summed E-state index contributed by atoms with van der Waals surface area (Å²) in [5.74, 6) is 0.846. The predicted molar refractivity (Wildman–Crippen MR) is 77.3 cm³/mol. The van der Waals surface area contributed by atoms with Crippen LogP contribution in [0.5, 0.6) is 0 Å². The van der Waals surface area contributed by atoms with Crippen molar-refractivity contribution in [3.05, 3.63) is 35.9 Å². The van der Waals surface area contributed by atoms with Crippen molar-refractivity contribution < 1.29 is 4.52 Å². The van der Waals surface area contributed by atoms with Gasteiger partial charge in [-0.2, -0.15) is 4.98 Å². The molecular weight excluding hydrogens is 268 g/mol. The molecule has 3 aromatic rings. The highest BCUT2D eigenvalue weighted by atomic mass is 16.5. The Hall–Kier alpha value is -2.54. The highest BCUT2D eigenvalue weighted by Crippen LogP contribution is 2.22. The summed E-state index contributed by atoms with van der Waals surface area (Å²) < 4.78 is 7.16. The minimum atomic E-state index is 0.377. The van der Waals surface area contributed by atoms with Crippen LogP contribution in [0.25, 0.3) is 23.1 Å². The van der Waals surface area contributed by atoms with Crippen LogP contribution < -0.4 is 5.73 Å². The van der Waals surface area contributed by atoms with Crippen molar-refractivity contribution in [1.82, 2.24) is 24.7 Å². The van der Waals surface area contributed by atoms with Crippen LogP contribution in [-0.4, -0.2) is 31.2 Å². The maximum Gasteiger partial charge on any atom is 0.278 e. The van der Waals surface area contributed by atoms with Crippen molar-refractivity contribution >= 4 is 0 Å². The van der Waals surface area contributed by atoms with Gasteiger partial charge >= 0.3 is 0 Å². The van der Waals surface area contributed by atoms with Gasteiger partial charge in [0.1, 0.15) is 11.4 Å². The Morgan fingerprint density at radius 2 is 2.14 bits per heavy atom. The summed E-state index contributed by atoms with van der Waals surface area (Å²) in [6.07, 6.45) is 5.31. The van der Waals surface area contributed by atoms with E-state index in [1.165, 1.54) is 0 Å². The Bertz CT molecular complexity index is 760. The maximum absolute atomic E-state index is 5.51. The van der Waals surface area contributed by atoms with Gasteiger partial charge in [-0.05, 0) is 25.0 Å². The van der Waals surface area contributed by atoms with Crippen LogP contribution in [0.15, 0.2) is 29.3 Å². The first kappa shape index (κ1) is 13.4. The van der Waals surface area contributed by atoms with Gasteiger partial charge in [0.2, 0.25) is 5.82 Å². The number of hydrogen-bond acceptors (Lipinski definition) is 6. The number of imidazole rings is 1. The molecule has 108 valence electrons. The Balaban J connectivity index is 1.91. The third-order valence-electron chi connectivity index (χ3n) is 3.09. The van der Waals surface area contributed by atoms with Crippen LogP contribution in [-0.2, 0) is 6.54 Å². The summed E-state index contributed by atoms with van der Waals surface area (Å²) >= 11 is 0. The second-order valence-corrected chi connectivity index (χ2v) is 4.89. The zero-order valence-corrected chi connectivity index (χ0v) is 11.9. The second-order valence-electron chi connectivity index (χ2n) is 4.89. The first-order chi connectivity index (χ1) is 10.2. The molecule has 0 radical (unpaired) electrons. The van der Waals surface area contributed by atoms with E-state index in [9.17, 15) is 0 Å². The normalized spacial score (nSPS) is 11.0. The number of hydrogen-bond donors (Lipinski definition) is 1. The van der Waals surface area contributed by atoms with Crippen LogP contribution in [0.2, 0.25) is 0 Å². The van der Waals surface area contributed by atoms with Crippen molar-refractivity contribution in [3.63, 3.8) is 0 Å². The third-order valence-corrected chi connectivity index (χ3v) is 3.09. The van der Waals surface area contributed by atoms with Gasteiger partial charge in [0, 0.05) is 25.5 Å². The molecule has 0 aliphatic carbocycles. The van der Waals surface area contributed by atoms with Crippen molar-refractivity contribution in [1.29, 1.82) is 0 Å². The fourth-order valence-corrected chi connectivity index (χ4v) is 2.11. The van der Waals surface area contributed by atoms with E-state index in [0.29, 0.717) is 30.5 Å². The van der Waals surface area contributed by atoms with Crippen molar-refractivity contribution in [2.45, 2.75) is 20.4 Å². The van der Waals surface area contributed by atoms with Gasteiger partial charge in [-0.1, -0.05) is 11.2 Å². The van der Waals surface area contributed by atoms with Crippen LogP contribution in [0.3, 0.4) is 0 Å². The highest BCUT2D eigenvalue weighted by molar-refractivity contribution is 5.57. The standard InChI is InChI=1S/C14H16N6O/c1-9-5-10(2)12(16-6-9)13-18-14(21-19-13)11-7-20(4-3-15)8-17-11/h5-8H,3-4,15H2,1-2H3. The topological polar surface area (TPSA) is 95.7 Å². The fourth-order valence-electron chi connectivity index (χ4n) is 2.11. The number of aromatic nitrogens is 5. The SMILES string of the molecule is Cc1cnc(-c2noc(-c3cn(CCN)cn3)n2)c(C)c1. The molecule has 3 rings (SSSR count). The van der Waals surface area contributed by atoms with Crippen LogP contribution >= 0.6 is 0 Å². The average Bonchev–Trinajstić information content (AvgIpc) is 3.08. The zero-order chi connectivity index (χ0) is 14.8. The van der Waals surface area contributed by atoms with Gasteiger partial charge in [-0.15, -0.1) is 0 Å². The number of aryl methyl sites for hydroxylation is 2. The molecule has 7 nitrogen and oxygen atoms in total. The smallest absolute Gasteiger partial charge is 0.278 e. The van der Waals surface area contributed by atoms with E-state index in [-0.39, 0.29) is 0 Å². The van der Waals surface area contributed by atoms with E-state index in [1.807, 2.05) is 30.7 Å². The Labute approximate surface area is 121 Å². The molecule has 0 saturated heterocycles. The van der Waals surface area contributed by atoms with Gasteiger partial charge in [-0.25, -0.2) is 4.98 Å². The first-order valence-corrected chi connectivity index (χ1v) is 6.67. The van der Waals surface area contributed by atoms with Gasteiger partial charge in [0.25, 0.3) is 5.89 Å². The summed E-state index contributed by atoms with van der Waals surface area (Å²) in [5, 5.41) is 3.99. The Kier molecular flexibility index (Phi) is 3.49. The largest absolute Gasteiger partial charge is 0.335 e. The second kappa shape index (κ2) is 5.45. The predicted octanol–water partition coefficient (Wildman–Crippen LogP) is 1.57. The van der Waals surface area contributed by atoms with Crippen molar-refractivity contribution in [3.8, 4) is 23.1 Å². The zero-order valence-electron chi connectivity index (χ0n) is 11.9. The summed E-state index contributed by atoms with van der Waals surface area (Å²) in [6, 6.07) is 2.04. The Morgan fingerprint density at radius 3 is 2.90 bits per heavy atom. The van der Waals surface area contributed by atoms with Gasteiger partial charge in [0.05, 0.1) is 6.33 Å². The lowest BCUT2D eigenvalue weighted by Crippen LogP contribution is -2.07. The molecule has 7 heteroatoms. The lowest BCUT2D eigenvalue weighted by Gasteiger charge is -2.00. The molecule has 3 heterocycles. The summed E-state index contributed by atoms with van der Waals surface area (Å²) in [4.78, 5) is 13.0. The minimum Gasteiger partial charge on any atom is -0.335 e. The van der Waals surface area contributed by atoms with E-state index < -0.39 is 0 Å². The van der Waals surface area contributed by atoms with Crippen molar-refractivity contribution in [2.24, 2.45) is 5.73 Å². The number of nitrogens with two attached hydrogens (primary N) is 1. The van der Waals surface area contributed by atoms with E-state index in [1.54, 1.807) is 12.5 Å². The molecular formula is C14H16N6O. The van der Waals surface area contributed by atoms with E-state index in [4.69, 9.17) is 10.3 Å². The maximum atomic E-state index is 5.51. The molecule has 0 aliphatic rings. The van der Waals surface area contributed by atoms with Gasteiger partial charge in [-0.3, -0.25) is 4.98 Å². The molecule has 2 N–H and O–H groups in total. The highest BCUT2D eigenvalue weighted by Gasteiger charge is 2.15. The number of rotatable bonds is 4. The monoisotopic (exact) mass is 284 g/mol. The molecule has 0 fully saturated rings. The molecule has 0 amide bonds. The van der Waals surface area contributed by atoms with Crippen molar-refractivity contribution in [2.75, 3.05) is 6.54 Å². The van der Waals surface area contributed by atoms with Crippen LogP contribution in [0.1, 0.15) is 11.1 Å². The fraction of sp³-hybridized carbons (Fsp3) is 0.286. The third kappa shape index (κ3) is 2.68. The lowest BCUT2D eigenvalue weighted by molar-refractivity contribution is 0.431. The molecule has 0 aliphatic heterocycles. The van der Waals surface area contributed by atoms with Gasteiger partial charge < -0.3 is 14.8 Å². The quantitative estimate of drug-likeness (QED) is 0.781. The van der Waals surface area contributed by atoms with E-state index in [2.05, 4.69) is 20.1 Å². The first-order valence-electron chi connectivity index (χ1n) is 6.67. The van der Waals surface area contributed by atoms with Gasteiger partial charge in [0.15, 0.2) is 0 Å². The molecule has 3 aromatic heterocycles. The molecule has 0 saturated carbocycles. The van der Waals surface area contributed by atoms with E-state index in [0.717, 1.165) is 16.8 Å². The number of nitrogens with zero attached hydrogens (tertiary/aromatic N) is 5. The number of pyridine rings is 1. The molecule has 0 unspecified atom stereocenters. The minimum absolute atomic E-state index is 0.377. The summed E-state index contributed by atoms with van der Waals surface area (Å²) in [7, 11) is 0. The lowest BCUT2D eigenvalue weighted by atomic mass is 10.1. The van der Waals surface area contributed by atoms with Crippen LogP contribution in [0, 0.1) is 13.8 Å². The molecule has 0 spiro atoms. The summed E-state index contributed by atoms with van der Waals surface area (Å²) in [6.45, 7) is 5.22. The molecule has 0 aromatic carbocycles. The average molecular weight is 284 g/mol. The Morgan fingerprint density at radius 1 is 1.29 bits per heavy atom. The van der Waals surface area contributed by atoms with Crippen LogP contribution in [0.4, 0.5) is 0 Å². The summed E-state index contributed by atoms with van der Waals surface area (Å²) in [5.41, 5.74) is 8.97. The van der Waals surface area contributed by atoms with E-state index >= 15 is 0 Å². The molecule has 0 bridgehead atoms. The molecule has 0 atom stereocenters.